The van der Waals surface area contributed by atoms with Crippen LogP contribution in [0.25, 0.3) is 22.3 Å². The minimum absolute atomic E-state index is 0.749. The molecule has 19 heavy (non-hydrogen) atoms. The molecule has 0 saturated carbocycles. The highest BCUT2D eigenvalue weighted by molar-refractivity contribution is 6.33. The molecule has 1 nitrogen and oxygen atoms in total. The number of halogens is 1. The molecule has 3 rings (SSSR count). The van der Waals surface area contributed by atoms with Gasteiger partial charge < -0.3 is 0 Å². The molecule has 0 bridgehead atoms. The number of pyridine rings is 1. The van der Waals surface area contributed by atoms with E-state index in [1.165, 1.54) is 0 Å². The van der Waals surface area contributed by atoms with E-state index in [9.17, 15) is 0 Å². The summed E-state index contributed by atoms with van der Waals surface area (Å²) in [5.41, 5.74) is 4.25. The lowest BCUT2D eigenvalue weighted by Gasteiger charge is -2.07. The Morgan fingerprint density at radius 1 is 0.895 bits per heavy atom. The standard InChI is InChI=1S/C17H11ClN/c18-17-9-2-1-8-16(17)14-6-3-5-13(11-14)15-7-4-10-19-12-15/h1-2,4-12H. The van der Waals surface area contributed by atoms with Gasteiger partial charge in [0.05, 0.1) is 0 Å². The van der Waals surface area contributed by atoms with E-state index in [0.717, 1.165) is 27.3 Å². The van der Waals surface area contributed by atoms with Crippen LogP contribution in [0.2, 0.25) is 5.02 Å². The quantitative estimate of drug-likeness (QED) is 0.643. The summed E-state index contributed by atoms with van der Waals surface area (Å²) in [6.45, 7) is 0. The van der Waals surface area contributed by atoms with Gasteiger partial charge in [0.15, 0.2) is 0 Å². The molecule has 3 aromatic rings. The van der Waals surface area contributed by atoms with E-state index in [4.69, 9.17) is 11.6 Å². The van der Waals surface area contributed by atoms with Crippen LogP contribution in [0.4, 0.5) is 0 Å². The Morgan fingerprint density at radius 3 is 2.53 bits per heavy atom. The van der Waals surface area contributed by atoms with Gasteiger partial charge in [-0.3, -0.25) is 4.98 Å². The zero-order chi connectivity index (χ0) is 13.1. The summed E-state index contributed by atoms with van der Waals surface area (Å²) in [6.07, 6.45) is 3.62. The number of nitrogens with zero attached hydrogens (tertiary/aromatic N) is 1. The fraction of sp³-hybridized carbons (Fsp3) is 0. The number of hydrogen-bond acceptors (Lipinski definition) is 1. The van der Waals surface area contributed by atoms with E-state index in [1.54, 1.807) is 6.20 Å². The summed E-state index contributed by atoms with van der Waals surface area (Å²) in [5.74, 6) is 0. The van der Waals surface area contributed by atoms with Crippen molar-refractivity contribution in [3.63, 3.8) is 0 Å². The van der Waals surface area contributed by atoms with Crippen molar-refractivity contribution >= 4 is 11.6 Å². The van der Waals surface area contributed by atoms with Crippen LogP contribution in [0.1, 0.15) is 0 Å². The van der Waals surface area contributed by atoms with Crippen molar-refractivity contribution in [2.45, 2.75) is 0 Å². The Hall–Kier alpha value is -2.12. The molecular formula is C17H11ClN. The molecule has 0 saturated heterocycles. The van der Waals surface area contributed by atoms with Crippen LogP contribution in [0.5, 0.6) is 0 Å². The molecule has 1 aromatic heterocycles. The average molecular weight is 265 g/mol. The molecule has 0 atom stereocenters. The van der Waals surface area contributed by atoms with Crippen LogP contribution >= 0.6 is 11.6 Å². The Bertz CT molecular complexity index is 692. The molecule has 0 aliphatic heterocycles. The maximum atomic E-state index is 6.23. The first-order valence-corrected chi connectivity index (χ1v) is 6.39. The Balaban J connectivity index is 2.09. The third-order valence-electron chi connectivity index (χ3n) is 2.97. The van der Waals surface area contributed by atoms with E-state index in [2.05, 4.69) is 17.1 Å². The molecule has 2 aromatic carbocycles. The van der Waals surface area contributed by atoms with Crippen LogP contribution in [0, 0.1) is 6.07 Å². The van der Waals surface area contributed by atoms with Crippen LogP contribution in [0.3, 0.4) is 0 Å². The predicted octanol–water partition coefficient (Wildman–Crippen LogP) is 4.87. The fourth-order valence-corrected chi connectivity index (χ4v) is 2.27. The van der Waals surface area contributed by atoms with Gasteiger partial charge in [0.1, 0.15) is 0 Å². The number of hydrogen-bond donors (Lipinski definition) is 0. The summed E-state index contributed by atoms with van der Waals surface area (Å²) in [6, 6.07) is 21.0. The topological polar surface area (TPSA) is 12.9 Å². The third-order valence-corrected chi connectivity index (χ3v) is 3.30. The minimum atomic E-state index is 0.749. The molecular weight excluding hydrogens is 254 g/mol. The number of benzene rings is 2. The monoisotopic (exact) mass is 264 g/mol. The fourth-order valence-electron chi connectivity index (χ4n) is 2.02. The molecule has 0 amide bonds. The van der Waals surface area contributed by atoms with Gasteiger partial charge in [0, 0.05) is 28.5 Å². The number of aromatic nitrogens is 1. The molecule has 0 aliphatic rings. The molecule has 0 N–H and O–H groups in total. The molecule has 1 radical (unpaired) electrons. The summed E-state index contributed by atoms with van der Waals surface area (Å²) >= 11 is 6.23. The van der Waals surface area contributed by atoms with Crippen molar-refractivity contribution < 1.29 is 0 Å². The van der Waals surface area contributed by atoms with Crippen molar-refractivity contribution in [1.29, 1.82) is 0 Å². The van der Waals surface area contributed by atoms with Gasteiger partial charge in [-0.15, -0.1) is 0 Å². The summed E-state index contributed by atoms with van der Waals surface area (Å²) in [7, 11) is 0. The van der Waals surface area contributed by atoms with Gasteiger partial charge in [0.2, 0.25) is 0 Å². The largest absolute Gasteiger partial charge is 0.264 e. The van der Waals surface area contributed by atoms with Gasteiger partial charge >= 0.3 is 0 Å². The molecule has 1 heterocycles. The summed E-state index contributed by atoms with van der Waals surface area (Å²) in [4.78, 5) is 4.14. The van der Waals surface area contributed by atoms with Crippen LogP contribution in [-0.2, 0) is 0 Å². The van der Waals surface area contributed by atoms with Crippen molar-refractivity contribution in [3.05, 3.63) is 78.1 Å². The van der Waals surface area contributed by atoms with Crippen LogP contribution in [0.15, 0.2) is 67.0 Å². The van der Waals surface area contributed by atoms with Crippen molar-refractivity contribution in [2.24, 2.45) is 0 Å². The first kappa shape index (κ1) is 11.9. The molecule has 0 spiro atoms. The first-order valence-electron chi connectivity index (χ1n) is 6.01. The molecule has 2 heteroatoms. The normalized spacial score (nSPS) is 10.4. The Labute approximate surface area is 117 Å². The highest BCUT2D eigenvalue weighted by atomic mass is 35.5. The second-order valence-electron chi connectivity index (χ2n) is 4.23. The van der Waals surface area contributed by atoms with Gasteiger partial charge in [0.25, 0.3) is 0 Å². The Kier molecular flexibility index (Phi) is 3.30. The SMILES string of the molecule is Clc1ccccc1-c1c[c]cc(-c2cccnc2)c1. The van der Waals surface area contributed by atoms with Crippen LogP contribution < -0.4 is 0 Å². The zero-order valence-corrected chi connectivity index (χ0v) is 10.9. The lowest BCUT2D eigenvalue weighted by molar-refractivity contribution is 1.33. The summed E-state index contributed by atoms with van der Waals surface area (Å²) in [5, 5.41) is 0.749. The van der Waals surface area contributed by atoms with Crippen LogP contribution in [-0.4, -0.2) is 4.98 Å². The lowest BCUT2D eigenvalue weighted by Crippen LogP contribution is -1.83. The van der Waals surface area contributed by atoms with E-state index < -0.39 is 0 Å². The molecule has 0 unspecified atom stereocenters. The molecule has 0 fully saturated rings. The smallest absolute Gasteiger partial charge is 0.0484 e. The summed E-state index contributed by atoms with van der Waals surface area (Å²) < 4.78 is 0. The lowest BCUT2D eigenvalue weighted by atomic mass is 10.00. The van der Waals surface area contributed by atoms with Crippen molar-refractivity contribution in [3.8, 4) is 22.3 Å². The van der Waals surface area contributed by atoms with E-state index in [1.807, 2.05) is 54.7 Å². The highest BCUT2D eigenvalue weighted by Crippen LogP contribution is 2.30. The highest BCUT2D eigenvalue weighted by Gasteiger charge is 2.04. The van der Waals surface area contributed by atoms with Gasteiger partial charge in [-0.25, -0.2) is 0 Å². The maximum Gasteiger partial charge on any atom is 0.0484 e. The van der Waals surface area contributed by atoms with Gasteiger partial charge in [-0.1, -0.05) is 35.9 Å². The zero-order valence-electron chi connectivity index (χ0n) is 10.2. The second kappa shape index (κ2) is 5.25. The Morgan fingerprint density at radius 2 is 1.74 bits per heavy atom. The minimum Gasteiger partial charge on any atom is -0.264 e. The van der Waals surface area contributed by atoms with E-state index in [-0.39, 0.29) is 0 Å². The van der Waals surface area contributed by atoms with Crippen molar-refractivity contribution in [2.75, 3.05) is 0 Å². The average Bonchev–Trinajstić information content (AvgIpc) is 2.49. The molecule has 91 valence electrons. The van der Waals surface area contributed by atoms with E-state index >= 15 is 0 Å². The van der Waals surface area contributed by atoms with Gasteiger partial charge in [-0.2, -0.15) is 0 Å². The second-order valence-corrected chi connectivity index (χ2v) is 4.64. The van der Waals surface area contributed by atoms with Crippen molar-refractivity contribution in [1.82, 2.24) is 4.98 Å². The molecule has 0 aliphatic carbocycles. The van der Waals surface area contributed by atoms with E-state index in [0.29, 0.717) is 0 Å². The first-order chi connectivity index (χ1) is 9.34. The predicted molar refractivity (Wildman–Crippen MR) is 79.0 cm³/mol. The van der Waals surface area contributed by atoms with Gasteiger partial charge in [-0.05, 0) is 47.5 Å². The maximum absolute atomic E-state index is 6.23. The third kappa shape index (κ3) is 2.51. The number of rotatable bonds is 2.